The van der Waals surface area contributed by atoms with Crippen molar-refractivity contribution in [3.05, 3.63) is 61.5 Å². The maximum Gasteiger partial charge on any atom is 0.259 e. The highest BCUT2D eigenvalue weighted by Crippen LogP contribution is 2.27. The summed E-state index contributed by atoms with van der Waals surface area (Å²) in [6.45, 7) is 11.0. The van der Waals surface area contributed by atoms with Crippen LogP contribution in [0.4, 0.5) is 0 Å². The highest BCUT2D eigenvalue weighted by atomic mass is 35.5. The molecule has 1 unspecified atom stereocenters. The number of fused-ring (bicyclic) bond motifs is 1. The van der Waals surface area contributed by atoms with Crippen molar-refractivity contribution >= 4 is 33.2 Å². The second-order valence-corrected chi connectivity index (χ2v) is 9.17. The first kappa shape index (κ1) is 19.6. The third-order valence-electron chi connectivity index (χ3n) is 5.70. The molecule has 1 N–H and O–H groups in total. The van der Waals surface area contributed by atoms with Crippen LogP contribution in [0.3, 0.4) is 0 Å². The molecule has 0 aliphatic carbocycles. The van der Waals surface area contributed by atoms with Crippen molar-refractivity contribution < 1.29 is 0 Å². The fourth-order valence-electron chi connectivity index (χ4n) is 3.84. The number of thiophene rings is 1. The topological polar surface area (TPSA) is 52.2 Å². The van der Waals surface area contributed by atoms with Gasteiger partial charge in [0.25, 0.3) is 5.56 Å². The molecule has 0 spiro atoms. The fourth-order valence-corrected chi connectivity index (χ4v) is 5.09. The molecule has 28 heavy (non-hydrogen) atoms. The molecule has 1 saturated heterocycles. The molecule has 0 saturated carbocycles. The lowest BCUT2D eigenvalue weighted by Crippen LogP contribution is -2.47. The van der Waals surface area contributed by atoms with E-state index in [1.807, 2.05) is 32.0 Å². The van der Waals surface area contributed by atoms with E-state index in [0.717, 1.165) is 64.2 Å². The number of rotatable bonds is 4. The van der Waals surface area contributed by atoms with Crippen LogP contribution in [0.25, 0.3) is 10.2 Å². The first-order chi connectivity index (χ1) is 13.4. The van der Waals surface area contributed by atoms with Crippen molar-refractivity contribution in [1.82, 2.24) is 19.8 Å². The zero-order valence-electron chi connectivity index (χ0n) is 16.5. The van der Waals surface area contributed by atoms with Gasteiger partial charge >= 0.3 is 0 Å². The van der Waals surface area contributed by atoms with Gasteiger partial charge < -0.3 is 4.98 Å². The first-order valence-corrected chi connectivity index (χ1v) is 10.8. The molecule has 0 amide bonds. The lowest BCUT2D eigenvalue weighted by atomic mass is 10.1. The third-order valence-corrected chi connectivity index (χ3v) is 7.04. The van der Waals surface area contributed by atoms with Gasteiger partial charge in [-0.3, -0.25) is 14.6 Å². The van der Waals surface area contributed by atoms with Crippen molar-refractivity contribution in [3.8, 4) is 0 Å². The van der Waals surface area contributed by atoms with Gasteiger partial charge in [-0.05, 0) is 44.0 Å². The van der Waals surface area contributed by atoms with Gasteiger partial charge in [0.05, 0.1) is 11.4 Å². The second-order valence-electron chi connectivity index (χ2n) is 7.53. The van der Waals surface area contributed by atoms with Crippen LogP contribution >= 0.6 is 22.9 Å². The van der Waals surface area contributed by atoms with Gasteiger partial charge in [0.15, 0.2) is 0 Å². The molecule has 4 rings (SSSR count). The number of nitrogens with one attached hydrogen (secondary N) is 1. The SMILES string of the molecule is Cc1sc2nc(C(C)N3CCN(Cc4cccc(Cl)c4)CC3)[nH]c(=O)c2c1C. The van der Waals surface area contributed by atoms with Gasteiger partial charge in [-0.25, -0.2) is 4.98 Å². The first-order valence-electron chi connectivity index (χ1n) is 9.63. The van der Waals surface area contributed by atoms with Crippen LogP contribution in [-0.4, -0.2) is 45.9 Å². The smallest absolute Gasteiger partial charge is 0.259 e. The third kappa shape index (κ3) is 3.87. The second kappa shape index (κ2) is 7.95. The number of benzene rings is 1. The van der Waals surface area contributed by atoms with E-state index < -0.39 is 0 Å². The van der Waals surface area contributed by atoms with Gasteiger partial charge in [0.1, 0.15) is 10.7 Å². The van der Waals surface area contributed by atoms with Gasteiger partial charge in [0.2, 0.25) is 0 Å². The molecule has 2 aromatic heterocycles. The van der Waals surface area contributed by atoms with E-state index in [1.165, 1.54) is 5.56 Å². The number of aromatic amines is 1. The lowest BCUT2D eigenvalue weighted by molar-refractivity contribution is 0.0948. The molecule has 1 aliphatic heterocycles. The highest BCUT2D eigenvalue weighted by Gasteiger charge is 2.24. The number of hydrogen-bond acceptors (Lipinski definition) is 5. The van der Waals surface area contributed by atoms with Crippen LogP contribution in [-0.2, 0) is 6.54 Å². The monoisotopic (exact) mass is 416 g/mol. The molecule has 7 heteroatoms. The molecular formula is C21H25ClN4OS. The molecule has 148 valence electrons. The molecular weight excluding hydrogens is 392 g/mol. The Bertz CT molecular complexity index is 1050. The molecule has 0 radical (unpaired) electrons. The molecule has 1 fully saturated rings. The van der Waals surface area contributed by atoms with Crippen molar-refractivity contribution in [1.29, 1.82) is 0 Å². The standard InChI is InChI=1S/C21H25ClN4OS/c1-13-15(3)28-21-18(13)20(27)23-19(24-21)14(2)26-9-7-25(8-10-26)12-16-5-4-6-17(22)11-16/h4-6,11,14H,7-10,12H2,1-3H3,(H,23,24,27). The highest BCUT2D eigenvalue weighted by molar-refractivity contribution is 7.18. The summed E-state index contributed by atoms with van der Waals surface area (Å²) in [4.78, 5) is 27.2. The number of halogens is 1. The minimum absolute atomic E-state index is 0.0201. The number of H-pyrrole nitrogens is 1. The predicted octanol–water partition coefficient (Wildman–Crippen LogP) is 4.13. The Balaban J connectivity index is 1.44. The van der Waals surface area contributed by atoms with Crippen molar-refractivity contribution in [2.24, 2.45) is 0 Å². The Morgan fingerprint density at radius 3 is 2.71 bits per heavy atom. The van der Waals surface area contributed by atoms with Crippen LogP contribution in [0.1, 0.15) is 34.8 Å². The molecule has 1 aliphatic rings. The summed E-state index contributed by atoms with van der Waals surface area (Å²) in [5, 5.41) is 1.53. The molecule has 1 aromatic carbocycles. The molecule has 3 heterocycles. The minimum Gasteiger partial charge on any atom is -0.309 e. The summed E-state index contributed by atoms with van der Waals surface area (Å²) >= 11 is 7.70. The Hall–Kier alpha value is -1.73. The van der Waals surface area contributed by atoms with E-state index in [9.17, 15) is 4.79 Å². The zero-order valence-corrected chi connectivity index (χ0v) is 18.0. The largest absolute Gasteiger partial charge is 0.309 e. The number of aryl methyl sites for hydroxylation is 2. The molecule has 3 aromatic rings. The predicted molar refractivity (Wildman–Crippen MR) is 116 cm³/mol. The Morgan fingerprint density at radius 1 is 1.25 bits per heavy atom. The van der Waals surface area contributed by atoms with Crippen LogP contribution in [0.15, 0.2) is 29.1 Å². The summed E-state index contributed by atoms with van der Waals surface area (Å²) in [7, 11) is 0. The van der Waals surface area contributed by atoms with Gasteiger partial charge in [0, 0.05) is 42.6 Å². The van der Waals surface area contributed by atoms with Crippen molar-refractivity contribution in [2.75, 3.05) is 26.2 Å². The van der Waals surface area contributed by atoms with E-state index >= 15 is 0 Å². The average molecular weight is 417 g/mol. The van der Waals surface area contributed by atoms with E-state index in [4.69, 9.17) is 16.6 Å². The van der Waals surface area contributed by atoms with Gasteiger partial charge in [-0.2, -0.15) is 0 Å². The van der Waals surface area contributed by atoms with E-state index in [-0.39, 0.29) is 11.6 Å². The summed E-state index contributed by atoms with van der Waals surface area (Å²) in [5.41, 5.74) is 2.27. The maximum absolute atomic E-state index is 12.6. The van der Waals surface area contributed by atoms with Crippen LogP contribution in [0, 0.1) is 13.8 Å². The Labute approximate surface area is 174 Å². The average Bonchev–Trinajstić information content (AvgIpc) is 2.96. The normalized spacial score (nSPS) is 17.3. The van der Waals surface area contributed by atoms with E-state index in [2.05, 4.69) is 27.8 Å². The Kier molecular flexibility index (Phi) is 5.56. The number of aromatic nitrogens is 2. The summed E-state index contributed by atoms with van der Waals surface area (Å²) in [6, 6.07) is 8.16. The Morgan fingerprint density at radius 2 is 2.00 bits per heavy atom. The number of piperazine rings is 1. The molecule has 1 atom stereocenters. The molecule has 0 bridgehead atoms. The van der Waals surface area contributed by atoms with E-state index in [0.29, 0.717) is 0 Å². The zero-order chi connectivity index (χ0) is 19.8. The lowest BCUT2D eigenvalue weighted by Gasteiger charge is -2.37. The minimum atomic E-state index is -0.0201. The summed E-state index contributed by atoms with van der Waals surface area (Å²) in [6.07, 6.45) is 0. The fraction of sp³-hybridized carbons (Fsp3) is 0.429. The van der Waals surface area contributed by atoms with Crippen LogP contribution < -0.4 is 5.56 Å². The summed E-state index contributed by atoms with van der Waals surface area (Å²) < 4.78 is 0. The van der Waals surface area contributed by atoms with Crippen LogP contribution in [0.2, 0.25) is 5.02 Å². The van der Waals surface area contributed by atoms with E-state index in [1.54, 1.807) is 11.3 Å². The number of hydrogen-bond donors (Lipinski definition) is 1. The van der Waals surface area contributed by atoms with Crippen molar-refractivity contribution in [2.45, 2.75) is 33.4 Å². The maximum atomic E-state index is 12.6. The van der Waals surface area contributed by atoms with Gasteiger partial charge in [-0.1, -0.05) is 23.7 Å². The van der Waals surface area contributed by atoms with Gasteiger partial charge in [-0.15, -0.1) is 11.3 Å². The molecule has 5 nitrogen and oxygen atoms in total. The van der Waals surface area contributed by atoms with Crippen molar-refractivity contribution in [3.63, 3.8) is 0 Å². The van der Waals surface area contributed by atoms with Crippen LogP contribution in [0.5, 0.6) is 0 Å². The quantitative estimate of drug-likeness (QED) is 0.694. The summed E-state index contributed by atoms with van der Waals surface area (Å²) in [5.74, 6) is 0.766. The number of nitrogens with zero attached hydrogens (tertiary/aromatic N) is 3.